The normalized spacial score (nSPS) is 18.1. The Kier molecular flexibility index (Phi) is 2.63. The van der Waals surface area contributed by atoms with Crippen molar-refractivity contribution >= 4 is 0 Å². The molecule has 1 aromatic rings. The fourth-order valence-corrected chi connectivity index (χ4v) is 1.36. The molecule has 0 saturated heterocycles. The zero-order valence-electron chi connectivity index (χ0n) is 8.15. The van der Waals surface area contributed by atoms with Crippen LogP contribution in [0.1, 0.15) is 37.0 Å². The molecule has 1 aromatic heterocycles. The lowest BCUT2D eigenvalue weighted by atomic mass is 10.2. The topological polar surface area (TPSA) is 64.9 Å². The number of hydrogen-bond donors (Lipinski definition) is 1. The van der Waals surface area contributed by atoms with Gasteiger partial charge in [0.15, 0.2) is 5.82 Å². The second kappa shape index (κ2) is 3.92. The van der Waals surface area contributed by atoms with Crippen LogP contribution < -0.4 is 5.73 Å². The third-order valence-corrected chi connectivity index (χ3v) is 2.39. The van der Waals surface area contributed by atoms with Crippen molar-refractivity contribution in [2.45, 2.75) is 31.7 Å². The van der Waals surface area contributed by atoms with E-state index in [4.69, 9.17) is 10.3 Å². The molecule has 1 aliphatic carbocycles. The Labute approximate surface area is 83.2 Å². The van der Waals surface area contributed by atoms with Crippen molar-refractivity contribution in [3.8, 4) is 0 Å². The molecule has 14 heavy (non-hydrogen) atoms. The van der Waals surface area contributed by atoms with Crippen molar-refractivity contribution in [3.05, 3.63) is 24.4 Å². The number of hydrogen-bond acceptors (Lipinski definition) is 4. The summed E-state index contributed by atoms with van der Waals surface area (Å²) in [5.74, 6) is 2.10. The summed E-state index contributed by atoms with van der Waals surface area (Å²) in [5, 5.41) is 3.90. The average molecular weight is 193 g/mol. The molecule has 4 nitrogen and oxygen atoms in total. The minimum absolute atomic E-state index is 0.201. The highest BCUT2D eigenvalue weighted by Gasteiger charge is 2.24. The van der Waals surface area contributed by atoms with Crippen LogP contribution >= 0.6 is 0 Å². The van der Waals surface area contributed by atoms with Crippen LogP contribution in [0.25, 0.3) is 0 Å². The van der Waals surface area contributed by atoms with E-state index in [2.05, 4.69) is 16.7 Å². The second-order valence-electron chi connectivity index (χ2n) is 3.83. The molecule has 1 saturated carbocycles. The third-order valence-electron chi connectivity index (χ3n) is 2.39. The molecule has 2 rings (SSSR count). The summed E-state index contributed by atoms with van der Waals surface area (Å²) >= 11 is 0. The van der Waals surface area contributed by atoms with Gasteiger partial charge in [-0.15, -0.1) is 6.58 Å². The van der Waals surface area contributed by atoms with Gasteiger partial charge in [0.2, 0.25) is 5.89 Å². The monoisotopic (exact) mass is 193 g/mol. The first-order chi connectivity index (χ1) is 6.79. The van der Waals surface area contributed by atoms with Gasteiger partial charge in [0.05, 0.1) is 6.04 Å². The number of nitrogens with two attached hydrogens (primary N) is 1. The van der Waals surface area contributed by atoms with E-state index in [0.29, 0.717) is 12.3 Å². The molecule has 4 heteroatoms. The van der Waals surface area contributed by atoms with Crippen LogP contribution in [0.5, 0.6) is 0 Å². The van der Waals surface area contributed by atoms with E-state index in [1.807, 2.05) is 0 Å². The molecule has 76 valence electrons. The standard InChI is InChI=1S/C10H15N3O/c1-2-3-8(11)10-12-9(13-14-10)6-7-4-5-7/h2,7-8H,1,3-6,11H2. The second-order valence-corrected chi connectivity index (χ2v) is 3.83. The van der Waals surface area contributed by atoms with Gasteiger partial charge in [0, 0.05) is 6.42 Å². The van der Waals surface area contributed by atoms with Crippen LogP contribution in [0.3, 0.4) is 0 Å². The smallest absolute Gasteiger partial charge is 0.243 e. The van der Waals surface area contributed by atoms with E-state index in [1.54, 1.807) is 6.08 Å². The number of nitrogens with zero attached hydrogens (tertiary/aromatic N) is 2. The van der Waals surface area contributed by atoms with Gasteiger partial charge < -0.3 is 10.3 Å². The summed E-state index contributed by atoms with van der Waals surface area (Å²) in [5.41, 5.74) is 5.80. The van der Waals surface area contributed by atoms with Crippen LogP contribution in [-0.4, -0.2) is 10.1 Å². The molecule has 0 aromatic carbocycles. The fraction of sp³-hybridized carbons (Fsp3) is 0.600. The van der Waals surface area contributed by atoms with Crippen LogP contribution in [0, 0.1) is 5.92 Å². The zero-order valence-corrected chi connectivity index (χ0v) is 8.15. The van der Waals surface area contributed by atoms with Gasteiger partial charge in [-0.2, -0.15) is 4.98 Å². The molecule has 0 amide bonds. The molecule has 1 aliphatic rings. The van der Waals surface area contributed by atoms with Gasteiger partial charge in [-0.25, -0.2) is 0 Å². The first kappa shape index (κ1) is 9.40. The molecule has 1 atom stereocenters. The van der Waals surface area contributed by atoms with Crippen molar-refractivity contribution in [2.75, 3.05) is 0 Å². The van der Waals surface area contributed by atoms with Crippen molar-refractivity contribution in [3.63, 3.8) is 0 Å². The number of aromatic nitrogens is 2. The maximum atomic E-state index is 5.80. The summed E-state index contributed by atoms with van der Waals surface area (Å²) in [6.45, 7) is 3.62. The molecule has 2 N–H and O–H groups in total. The van der Waals surface area contributed by atoms with Gasteiger partial charge in [0.1, 0.15) is 0 Å². The Bertz CT molecular complexity index is 317. The van der Waals surface area contributed by atoms with E-state index in [0.717, 1.165) is 18.2 Å². The summed E-state index contributed by atoms with van der Waals surface area (Å²) in [4.78, 5) is 4.26. The Morgan fingerprint density at radius 3 is 3.07 bits per heavy atom. The summed E-state index contributed by atoms with van der Waals surface area (Å²) < 4.78 is 5.07. The lowest BCUT2D eigenvalue weighted by Gasteiger charge is -1.99. The van der Waals surface area contributed by atoms with E-state index in [-0.39, 0.29) is 6.04 Å². The minimum atomic E-state index is -0.201. The van der Waals surface area contributed by atoms with Gasteiger partial charge in [-0.3, -0.25) is 0 Å². The molecule has 0 radical (unpaired) electrons. The molecule has 0 aliphatic heterocycles. The van der Waals surface area contributed by atoms with Crippen LogP contribution in [0.15, 0.2) is 17.2 Å². The first-order valence-corrected chi connectivity index (χ1v) is 4.98. The van der Waals surface area contributed by atoms with Crippen molar-refractivity contribution in [2.24, 2.45) is 11.7 Å². The maximum Gasteiger partial charge on any atom is 0.243 e. The summed E-state index contributed by atoms with van der Waals surface area (Å²) in [6.07, 6.45) is 5.95. The predicted octanol–water partition coefficient (Wildman–Crippen LogP) is 1.60. The van der Waals surface area contributed by atoms with E-state index < -0.39 is 0 Å². The molecule has 1 fully saturated rings. The SMILES string of the molecule is C=CCC(N)c1nc(CC2CC2)no1. The minimum Gasteiger partial charge on any atom is -0.338 e. The van der Waals surface area contributed by atoms with Gasteiger partial charge in [0.25, 0.3) is 0 Å². The Balaban J connectivity index is 1.96. The lowest BCUT2D eigenvalue weighted by molar-refractivity contribution is 0.351. The highest BCUT2D eigenvalue weighted by atomic mass is 16.5. The molecular weight excluding hydrogens is 178 g/mol. The molecule has 1 unspecified atom stereocenters. The average Bonchev–Trinajstić information content (AvgIpc) is 2.82. The maximum absolute atomic E-state index is 5.80. The van der Waals surface area contributed by atoms with Crippen LogP contribution in [-0.2, 0) is 6.42 Å². The molecule has 0 spiro atoms. The Morgan fingerprint density at radius 2 is 2.43 bits per heavy atom. The number of rotatable bonds is 5. The molecular formula is C10H15N3O. The zero-order chi connectivity index (χ0) is 9.97. The third kappa shape index (κ3) is 2.20. The fourth-order valence-electron chi connectivity index (χ4n) is 1.36. The van der Waals surface area contributed by atoms with Gasteiger partial charge in [-0.05, 0) is 25.2 Å². The Morgan fingerprint density at radius 1 is 1.64 bits per heavy atom. The van der Waals surface area contributed by atoms with Crippen molar-refractivity contribution < 1.29 is 4.52 Å². The highest BCUT2D eigenvalue weighted by molar-refractivity contribution is 4.96. The molecule has 1 heterocycles. The van der Waals surface area contributed by atoms with Crippen LogP contribution in [0.4, 0.5) is 0 Å². The van der Waals surface area contributed by atoms with E-state index in [1.165, 1.54) is 12.8 Å². The first-order valence-electron chi connectivity index (χ1n) is 4.98. The van der Waals surface area contributed by atoms with Gasteiger partial charge in [-0.1, -0.05) is 11.2 Å². The molecule has 0 bridgehead atoms. The predicted molar refractivity (Wildman–Crippen MR) is 52.5 cm³/mol. The van der Waals surface area contributed by atoms with E-state index in [9.17, 15) is 0 Å². The van der Waals surface area contributed by atoms with Crippen LogP contribution in [0.2, 0.25) is 0 Å². The van der Waals surface area contributed by atoms with Gasteiger partial charge >= 0.3 is 0 Å². The van der Waals surface area contributed by atoms with E-state index >= 15 is 0 Å². The van der Waals surface area contributed by atoms with Crippen molar-refractivity contribution in [1.29, 1.82) is 0 Å². The summed E-state index contributed by atoms with van der Waals surface area (Å²) in [7, 11) is 0. The Hall–Kier alpha value is -1.16. The largest absolute Gasteiger partial charge is 0.338 e. The highest BCUT2D eigenvalue weighted by Crippen LogP contribution is 2.31. The van der Waals surface area contributed by atoms with Crippen molar-refractivity contribution in [1.82, 2.24) is 10.1 Å². The lowest BCUT2D eigenvalue weighted by Crippen LogP contribution is -2.09. The quantitative estimate of drug-likeness (QED) is 0.721. The summed E-state index contributed by atoms with van der Waals surface area (Å²) in [6, 6.07) is -0.201.